The molecule has 278 valence electrons. The van der Waals surface area contributed by atoms with Crippen molar-refractivity contribution in [1.29, 1.82) is 0 Å². The second-order valence-electron chi connectivity index (χ2n) is 13.4. The maximum Gasteiger partial charge on any atom is 0.347 e. The molecule has 17 heteroatoms. The molecule has 0 amide bonds. The van der Waals surface area contributed by atoms with Crippen LogP contribution in [0.5, 0.6) is 17.2 Å². The molecule has 3 aromatic carbocycles. The van der Waals surface area contributed by atoms with Crippen LogP contribution in [-0.2, 0) is 36.1 Å². The van der Waals surface area contributed by atoms with Crippen molar-refractivity contribution < 1.29 is 24.2 Å². The summed E-state index contributed by atoms with van der Waals surface area (Å²) in [7, 11) is 4.53. The van der Waals surface area contributed by atoms with E-state index in [1.165, 1.54) is 34.2 Å². The summed E-state index contributed by atoms with van der Waals surface area (Å²) in [5.41, 5.74) is 0.0406. The third kappa shape index (κ3) is 4.77. The Balaban J connectivity index is 1.26. The molecule has 1 aliphatic heterocycles. The summed E-state index contributed by atoms with van der Waals surface area (Å²) in [6.07, 6.45) is 1.21. The predicted molar refractivity (Wildman–Crippen MR) is 203 cm³/mol. The van der Waals surface area contributed by atoms with Crippen molar-refractivity contribution in [3.8, 4) is 17.2 Å². The zero-order chi connectivity index (χ0) is 38.6. The Labute approximate surface area is 325 Å². The van der Waals surface area contributed by atoms with Crippen LogP contribution in [0, 0.1) is 0 Å². The normalized spacial score (nSPS) is 23.6. The van der Waals surface area contributed by atoms with Crippen molar-refractivity contribution in [3.05, 3.63) is 113 Å². The number of ether oxygens (including phenoxy) is 2. The number of carbonyl (C=O) groups excluding carboxylic acids is 2. The molecule has 0 spiro atoms. The van der Waals surface area contributed by atoms with Crippen LogP contribution in [0.4, 0.5) is 0 Å². The number of allylic oxidation sites excluding steroid dienone is 4. The van der Waals surface area contributed by atoms with Gasteiger partial charge in [0.2, 0.25) is 0 Å². The number of aryl methyl sites for hydroxylation is 2. The molecule has 2 aromatic heterocycles. The Morgan fingerprint density at radius 2 is 1.57 bits per heavy atom. The SMILES string of the molecule is COc1cc2nc(CCn3c(=O)n4n(c3=O)[C@@H]3C[C@@]5(Cl)C(=O)C(Cl)=C(Cl)C(=O)[C@@]5(Cl)[C@@H](c5ccc(O)c6ccccc56)C3=CC4)c(=O)n(C)c2cc1OC. The first-order valence-corrected chi connectivity index (χ1v) is 18.2. The van der Waals surface area contributed by atoms with Crippen LogP contribution < -0.4 is 26.4 Å². The van der Waals surface area contributed by atoms with Crippen molar-refractivity contribution in [2.24, 2.45) is 7.05 Å². The van der Waals surface area contributed by atoms with Gasteiger partial charge < -0.3 is 19.1 Å². The maximum atomic E-state index is 14.4. The van der Waals surface area contributed by atoms with Crippen LogP contribution >= 0.6 is 46.4 Å². The van der Waals surface area contributed by atoms with Crippen LogP contribution in [0.2, 0.25) is 0 Å². The molecule has 1 fully saturated rings. The quantitative estimate of drug-likeness (QED) is 0.191. The third-order valence-electron chi connectivity index (χ3n) is 10.8. The number of nitrogens with zero attached hydrogens (tertiary/aromatic N) is 5. The molecule has 8 rings (SSSR count). The second-order valence-corrected chi connectivity index (χ2v) is 15.4. The lowest BCUT2D eigenvalue weighted by Crippen LogP contribution is -2.67. The molecule has 0 bridgehead atoms. The van der Waals surface area contributed by atoms with E-state index in [4.69, 9.17) is 55.9 Å². The molecule has 0 unspecified atom stereocenters. The first-order chi connectivity index (χ1) is 25.7. The standard InChI is InChI=1S/C37H29Cl4N5O8/c1-43-23-15-27(54-3)26(53-2)14-22(23)42-21(33(43)50)11-12-44-34(51)45-13-10-20-24(46(45)35(44)52)16-36(40)31(48)29(38)30(39)32(49)37(36,41)28(20)19-8-9-25(47)18-7-5-4-6-17(18)19/h4-10,14-15,24,28,47H,11-13,16H2,1-3H3/t24-,28+,36-,37+/m1/s1. The minimum Gasteiger partial charge on any atom is -0.507 e. The molecule has 3 heterocycles. The average molecular weight is 813 g/mol. The number of fused-ring (bicyclic) bond motifs is 6. The number of alkyl halides is 2. The number of halogens is 4. The number of hydrogen-bond donors (Lipinski definition) is 1. The van der Waals surface area contributed by atoms with Gasteiger partial charge in [-0.2, -0.15) is 0 Å². The minimum absolute atomic E-state index is 0.0381. The fourth-order valence-electron chi connectivity index (χ4n) is 8.20. The van der Waals surface area contributed by atoms with Gasteiger partial charge in [0.1, 0.15) is 31.3 Å². The number of phenolic OH excluding ortho intramolecular Hbond substituents is 1. The number of carbonyl (C=O) groups is 2. The van der Waals surface area contributed by atoms with E-state index >= 15 is 0 Å². The summed E-state index contributed by atoms with van der Waals surface area (Å²) >= 11 is 27.4. The molecule has 0 radical (unpaired) electrons. The van der Waals surface area contributed by atoms with E-state index in [1.54, 1.807) is 55.6 Å². The van der Waals surface area contributed by atoms with E-state index in [9.17, 15) is 29.1 Å². The van der Waals surface area contributed by atoms with Gasteiger partial charge in [-0.25, -0.2) is 28.5 Å². The van der Waals surface area contributed by atoms with Crippen molar-refractivity contribution >= 4 is 79.8 Å². The molecule has 4 atom stereocenters. The highest BCUT2D eigenvalue weighted by atomic mass is 35.5. The molecule has 13 nitrogen and oxygen atoms in total. The summed E-state index contributed by atoms with van der Waals surface area (Å²) in [6.45, 7) is -0.321. The van der Waals surface area contributed by atoms with Crippen LogP contribution in [0.3, 0.4) is 0 Å². The summed E-state index contributed by atoms with van der Waals surface area (Å²) in [5, 5.41) is 10.5. The Bertz CT molecular complexity index is 2760. The zero-order valence-corrected chi connectivity index (χ0v) is 31.8. The summed E-state index contributed by atoms with van der Waals surface area (Å²) in [6, 6.07) is 12.1. The molecule has 1 N–H and O–H groups in total. The first-order valence-electron chi connectivity index (χ1n) is 16.7. The van der Waals surface area contributed by atoms with Crippen molar-refractivity contribution in [2.45, 2.75) is 47.6 Å². The van der Waals surface area contributed by atoms with Crippen molar-refractivity contribution in [3.63, 3.8) is 0 Å². The maximum absolute atomic E-state index is 14.4. The van der Waals surface area contributed by atoms with Crippen LogP contribution in [0.15, 0.2) is 84.6 Å². The lowest BCUT2D eigenvalue weighted by atomic mass is 9.58. The zero-order valence-electron chi connectivity index (χ0n) is 28.7. The number of rotatable bonds is 6. The number of benzene rings is 3. The molecular weight excluding hydrogens is 784 g/mol. The fraction of sp³-hybridized carbons (Fsp3) is 0.297. The minimum atomic E-state index is -2.24. The van der Waals surface area contributed by atoms with Gasteiger partial charge in [0.05, 0.1) is 37.8 Å². The molecule has 1 saturated carbocycles. The summed E-state index contributed by atoms with van der Waals surface area (Å²) < 4.78 is 15.6. The van der Waals surface area contributed by atoms with E-state index in [1.807, 2.05) is 0 Å². The first kappa shape index (κ1) is 36.2. The molecule has 5 aromatic rings. The van der Waals surface area contributed by atoms with Gasteiger partial charge in [0.25, 0.3) is 5.56 Å². The lowest BCUT2D eigenvalue weighted by Gasteiger charge is -2.54. The monoisotopic (exact) mass is 811 g/mol. The van der Waals surface area contributed by atoms with Gasteiger partial charge in [-0.15, -0.1) is 23.2 Å². The number of methoxy groups -OCH3 is 2. The summed E-state index contributed by atoms with van der Waals surface area (Å²) in [4.78, 5) is 70.1. The van der Waals surface area contributed by atoms with Gasteiger partial charge in [-0.3, -0.25) is 14.4 Å². The fourth-order valence-corrected chi connectivity index (χ4v) is 9.72. The van der Waals surface area contributed by atoms with Gasteiger partial charge in [-0.1, -0.05) is 59.6 Å². The van der Waals surface area contributed by atoms with E-state index in [0.717, 1.165) is 4.57 Å². The topological polar surface area (TPSA) is 157 Å². The average Bonchev–Trinajstić information content (AvgIpc) is 3.42. The van der Waals surface area contributed by atoms with Crippen molar-refractivity contribution in [1.82, 2.24) is 23.5 Å². The highest BCUT2D eigenvalue weighted by molar-refractivity contribution is 6.66. The Morgan fingerprint density at radius 3 is 2.28 bits per heavy atom. The third-order valence-corrected chi connectivity index (χ3v) is 13.1. The van der Waals surface area contributed by atoms with E-state index < -0.39 is 66.7 Å². The van der Waals surface area contributed by atoms with E-state index in [2.05, 4.69) is 4.98 Å². The highest BCUT2D eigenvalue weighted by Gasteiger charge is 2.71. The number of hydrogen-bond acceptors (Lipinski definition) is 9. The Kier molecular flexibility index (Phi) is 8.45. The molecular formula is C37H29Cl4N5O8. The van der Waals surface area contributed by atoms with Gasteiger partial charge >= 0.3 is 11.4 Å². The van der Waals surface area contributed by atoms with Crippen molar-refractivity contribution in [2.75, 3.05) is 14.2 Å². The van der Waals surface area contributed by atoms with Gasteiger partial charge in [0.15, 0.2) is 23.1 Å². The Morgan fingerprint density at radius 1 is 0.907 bits per heavy atom. The van der Waals surface area contributed by atoms with Crippen LogP contribution in [0.25, 0.3) is 21.8 Å². The molecule has 2 aliphatic carbocycles. The molecule has 3 aliphatic rings. The molecule has 0 saturated heterocycles. The Hall–Kier alpha value is -4.82. The van der Waals surface area contributed by atoms with Gasteiger partial charge in [-0.05, 0) is 22.6 Å². The van der Waals surface area contributed by atoms with E-state index in [-0.39, 0.29) is 31.0 Å². The summed E-state index contributed by atoms with van der Waals surface area (Å²) in [5.74, 6) is -2.19. The number of Topliss-reactive ketones (excluding diaryl/α,β-unsaturated/α-hetero) is 2. The number of aromatic hydroxyl groups is 1. The predicted octanol–water partition coefficient (Wildman–Crippen LogP) is 4.64. The number of aromatic nitrogens is 5. The number of ketones is 2. The van der Waals surface area contributed by atoms with E-state index in [0.29, 0.717) is 44.4 Å². The smallest absolute Gasteiger partial charge is 0.347 e. The van der Waals surface area contributed by atoms with Gasteiger partial charge in [0, 0.05) is 49.9 Å². The van der Waals surface area contributed by atoms with Crippen LogP contribution in [0.1, 0.15) is 29.6 Å². The second kappa shape index (κ2) is 12.6. The lowest BCUT2D eigenvalue weighted by molar-refractivity contribution is -0.128. The number of phenols is 1. The highest BCUT2D eigenvalue weighted by Crippen LogP contribution is 2.64. The van der Waals surface area contributed by atoms with Crippen LogP contribution in [-0.4, -0.2) is 64.1 Å². The largest absolute Gasteiger partial charge is 0.507 e. The molecule has 54 heavy (non-hydrogen) atoms.